The first-order chi connectivity index (χ1) is 9.25. The second-order valence-electron chi connectivity index (χ2n) is 5.01. The molecule has 2 heterocycles. The molecule has 5 nitrogen and oxygen atoms in total. The maximum atomic E-state index is 11.7. The second-order valence-corrected chi connectivity index (χ2v) is 5.01. The number of nitrogens with one attached hydrogen (secondary N) is 1. The number of esters is 1. The van der Waals surface area contributed by atoms with E-state index in [-0.39, 0.29) is 24.3 Å². The Morgan fingerprint density at radius 1 is 1.42 bits per heavy atom. The normalized spacial score (nSPS) is 27.9. The highest BCUT2D eigenvalue weighted by atomic mass is 16.7. The van der Waals surface area contributed by atoms with Crippen LogP contribution >= 0.6 is 0 Å². The predicted octanol–water partition coefficient (Wildman–Crippen LogP) is 1.77. The van der Waals surface area contributed by atoms with Gasteiger partial charge in [0.05, 0.1) is 5.69 Å². The number of carbonyl (C=O) groups is 1. The van der Waals surface area contributed by atoms with Gasteiger partial charge in [0.1, 0.15) is 12.1 Å². The number of nitrogens with zero attached hydrogens (tertiary/aromatic N) is 1. The van der Waals surface area contributed by atoms with Crippen molar-refractivity contribution in [2.45, 2.75) is 38.1 Å². The molecule has 3 atom stereocenters. The van der Waals surface area contributed by atoms with Gasteiger partial charge in [-0.2, -0.15) is 0 Å². The average molecular weight is 262 g/mol. The minimum absolute atomic E-state index is 0.0622. The summed E-state index contributed by atoms with van der Waals surface area (Å²) in [7, 11) is 0. The number of carbonyl (C=O) groups excluding carboxylic acids is 1. The number of ether oxygens (including phenoxy) is 1. The SMILES string of the molecule is CC(ONc1ccccc1)C1OC(=O)[C@@H]2CCCN12. The first-order valence-electron chi connectivity index (χ1n) is 6.68. The zero-order valence-electron chi connectivity index (χ0n) is 10.9. The number of benzene rings is 1. The molecule has 0 aromatic heterocycles. The number of hydrogen-bond acceptors (Lipinski definition) is 5. The molecule has 2 unspecified atom stereocenters. The fourth-order valence-electron chi connectivity index (χ4n) is 2.70. The van der Waals surface area contributed by atoms with Crippen molar-refractivity contribution in [3.8, 4) is 0 Å². The van der Waals surface area contributed by atoms with Crippen LogP contribution in [0.1, 0.15) is 19.8 Å². The Kier molecular flexibility index (Phi) is 3.40. The Hall–Kier alpha value is -1.59. The van der Waals surface area contributed by atoms with Crippen LogP contribution in [0.3, 0.4) is 0 Å². The minimum atomic E-state index is -0.281. The monoisotopic (exact) mass is 262 g/mol. The molecule has 0 aliphatic carbocycles. The van der Waals surface area contributed by atoms with Gasteiger partial charge < -0.3 is 4.74 Å². The summed E-state index contributed by atoms with van der Waals surface area (Å²) in [5, 5.41) is 0. The summed E-state index contributed by atoms with van der Waals surface area (Å²) in [6.45, 7) is 2.81. The van der Waals surface area contributed by atoms with Gasteiger partial charge in [0.15, 0.2) is 6.23 Å². The molecule has 3 rings (SSSR count). The summed E-state index contributed by atoms with van der Waals surface area (Å²) >= 11 is 0. The van der Waals surface area contributed by atoms with Gasteiger partial charge in [-0.25, -0.2) is 0 Å². The maximum Gasteiger partial charge on any atom is 0.325 e. The van der Waals surface area contributed by atoms with E-state index in [1.54, 1.807) is 0 Å². The van der Waals surface area contributed by atoms with Crippen molar-refractivity contribution in [1.29, 1.82) is 0 Å². The van der Waals surface area contributed by atoms with Gasteiger partial charge in [-0.15, -0.1) is 0 Å². The van der Waals surface area contributed by atoms with Gasteiger partial charge in [0.25, 0.3) is 0 Å². The van der Waals surface area contributed by atoms with E-state index in [1.165, 1.54) is 0 Å². The number of cyclic esters (lactones) is 1. The molecular formula is C14H18N2O3. The summed E-state index contributed by atoms with van der Waals surface area (Å²) in [5.74, 6) is -0.113. The molecule has 0 radical (unpaired) electrons. The van der Waals surface area contributed by atoms with E-state index in [4.69, 9.17) is 9.57 Å². The lowest BCUT2D eigenvalue weighted by atomic mass is 10.2. The molecule has 1 N–H and O–H groups in total. The van der Waals surface area contributed by atoms with Gasteiger partial charge >= 0.3 is 5.97 Å². The highest BCUT2D eigenvalue weighted by Crippen LogP contribution is 2.30. The molecule has 1 aromatic rings. The van der Waals surface area contributed by atoms with Crippen molar-refractivity contribution in [1.82, 2.24) is 4.90 Å². The molecule has 2 saturated heterocycles. The molecule has 0 spiro atoms. The molecule has 1 aromatic carbocycles. The first kappa shape index (κ1) is 12.4. The predicted molar refractivity (Wildman–Crippen MR) is 70.2 cm³/mol. The Morgan fingerprint density at radius 3 is 3.00 bits per heavy atom. The third kappa shape index (κ3) is 2.43. The van der Waals surface area contributed by atoms with Crippen LogP contribution in [0.4, 0.5) is 5.69 Å². The van der Waals surface area contributed by atoms with E-state index in [0.717, 1.165) is 25.1 Å². The van der Waals surface area contributed by atoms with Crippen molar-refractivity contribution < 1.29 is 14.4 Å². The first-order valence-corrected chi connectivity index (χ1v) is 6.68. The summed E-state index contributed by atoms with van der Waals surface area (Å²) in [6.07, 6.45) is 1.45. The summed E-state index contributed by atoms with van der Waals surface area (Å²) in [6, 6.07) is 9.60. The third-order valence-electron chi connectivity index (χ3n) is 3.67. The topological polar surface area (TPSA) is 50.8 Å². The third-order valence-corrected chi connectivity index (χ3v) is 3.67. The lowest BCUT2D eigenvalue weighted by Gasteiger charge is -2.25. The quantitative estimate of drug-likeness (QED) is 0.662. The Balaban J connectivity index is 1.59. The van der Waals surface area contributed by atoms with Gasteiger partial charge in [-0.05, 0) is 31.9 Å². The van der Waals surface area contributed by atoms with Crippen LogP contribution < -0.4 is 5.48 Å². The number of anilines is 1. The van der Waals surface area contributed by atoms with Crippen LogP contribution in [0.5, 0.6) is 0 Å². The Morgan fingerprint density at radius 2 is 2.21 bits per heavy atom. The minimum Gasteiger partial charge on any atom is -0.442 e. The standard InChI is InChI=1S/C14H18N2O3/c1-10(19-15-11-6-3-2-4-7-11)13-16-9-5-8-12(16)14(17)18-13/h2-4,6-7,10,12-13,15H,5,8-9H2,1H3/t10?,12-,13?/m0/s1. The molecule has 2 aliphatic rings. The molecular weight excluding hydrogens is 244 g/mol. The van der Waals surface area contributed by atoms with Crippen LogP contribution in [0, 0.1) is 0 Å². The Labute approximate surface area is 112 Å². The van der Waals surface area contributed by atoms with Crippen molar-refractivity contribution in [3.05, 3.63) is 30.3 Å². The fourth-order valence-corrected chi connectivity index (χ4v) is 2.70. The van der Waals surface area contributed by atoms with Crippen molar-refractivity contribution in [2.75, 3.05) is 12.0 Å². The summed E-state index contributed by atoms with van der Waals surface area (Å²) in [4.78, 5) is 19.4. The van der Waals surface area contributed by atoms with Gasteiger partial charge in [-0.3, -0.25) is 20.0 Å². The van der Waals surface area contributed by atoms with E-state index >= 15 is 0 Å². The molecule has 5 heteroatoms. The number of rotatable bonds is 4. The largest absolute Gasteiger partial charge is 0.442 e. The van der Waals surface area contributed by atoms with Crippen molar-refractivity contribution >= 4 is 11.7 Å². The van der Waals surface area contributed by atoms with Crippen LogP contribution in [0.2, 0.25) is 0 Å². The highest BCUT2D eigenvalue weighted by molar-refractivity contribution is 5.78. The fraction of sp³-hybridized carbons (Fsp3) is 0.500. The molecule has 19 heavy (non-hydrogen) atoms. The van der Waals surface area contributed by atoms with Crippen molar-refractivity contribution in [2.24, 2.45) is 0 Å². The maximum absolute atomic E-state index is 11.7. The van der Waals surface area contributed by atoms with E-state index < -0.39 is 0 Å². The molecule has 0 saturated carbocycles. The molecule has 2 aliphatic heterocycles. The van der Waals surface area contributed by atoms with E-state index in [0.29, 0.717) is 0 Å². The van der Waals surface area contributed by atoms with Gasteiger partial charge in [-0.1, -0.05) is 18.2 Å². The number of fused-ring (bicyclic) bond motifs is 1. The molecule has 0 bridgehead atoms. The zero-order chi connectivity index (χ0) is 13.2. The second kappa shape index (κ2) is 5.19. The lowest BCUT2D eigenvalue weighted by Crippen LogP contribution is -2.41. The average Bonchev–Trinajstić information content (AvgIpc) is 3.02. The van der Waals surface area contributed by atoms with Crippen molar-refractivity contribution in [3.63, 3.8) is 0 Å². The molecule has 0 amide bonds. The summed E-state index contributed by atoms with van der Waals surface area (Å²) in [5.41, 5.74) is 3.78. The van der Waals surface area contributed by atoms with Gasteiger partial charge in [0.2, 0.25) is 0 Å². The smallest absolute Gasteiger partial charge is 0.325 e. The van der Waals surface area contributed by atoms with E-state index in [1.807, 2.05) is 37.3 Å². The van der Waals surface area contributed by atoms with Crippen LogP contribution in [-0.4, -0.2) is 35.8 Å². The number of hydrogen-bond donors (Lipinski definition) is 1. The van der Waals surface area contributed by atoms with Crippen LogP contribution in [0.15, 0.2) is 30.3 Å². The highest BCUT2D eigenvalue weighted by Gasteiger charge is 2.47. The molecule has 2 fully saturated rings. The van der Waals surface area contributed by atoms with Crippen LogP contribution in [-0.2, 0) is 14.4 Å². The zero-order valence-corrected chi connectivity index (χ0v) is 10.9. The van der Waals surface area contributed by atoms with E-state index in [2.05, 4.69) is 10.4 Å². The van der Waals surface area contributed by atoms with E-state index in [9.17, 15) is 4.79 Å². The summed E-state index contributed by atoms with van der Waals surface area (Å²) < 4.78 is 5.40. The number of para-hydroxylation sites is 1. The van der Waals surface area contributed by atoms with Gasteiger partial charge in [0, 0.05) is 6.54 Å². The lowest BCUT2D eigenvalue weighted by molar-refractivity contribution is -0.149. The van der Waals surface area contributed by atoms with Crippen LogP contribution in [0.25, 0.3) is 0 Å². The Bertz CT molecular complexity index is 451. The molecule has 102 valence electrons.